The summed E-state index contributed by atoms with van der Waals surface area (Å²) in [7, 11) is 0. The molecule has 2 amide bonds. The molecule has 10 nitrogen and oxygen atoms in total. The Hall–Kier alpha value is -4.51. The number of amides is 2. The average Bonchev–Trinajstić information content (AvgIpc) is 3.37. The van der Waals surface area contributed by atoms with Crippen LogP contribution < -0.4 is 21.3 Å². The van der Waals surface area contributed by atoms with Gasteiger partial charge in [-0.1, -0.05) is 35.9 Å². The fourth-order valence-corrected chi connectivity index (χ4v) is 4.90. The van der Waals surface area contributed by atoms with Gasteiger partial charge in [-0.05, 0) is 42.0 Å². The fraction of sp³-hybridized carbons (Fsp3) is 0.250. The first kappa shape index (κ1) is 27.1. The lowest BCUT2D eigenvalue weighted by atomic mass is 9.89. The molecule has 2 aliphatic heterocycles. The second-order valence-corrected chi connectivity index (χ2v) is 10.0. The normalized spacial score (nSPS) is 18.5. The van der Waals surface area contributed by atoms with Crippen LogP contribution in [0.25, 0.3) is 0 Å². The molecule has 0 bridgehead atoms. The molecule has 2 aromatic carbocycles. The third kappa shape index (κ3) is 5.59. The third-order valence-electron chi connectivity index (χ3n) is 6.82. The highest BCUT2D eigenvalue weighted by Gasteiger charge is 2.50. The molecular weight excluding hydrogens is 537 g/mol. The van der Waals surface area contributed by atoms with Crippen LogP contribution in [0.5, 0.6) is 0 Å². The molecule has 1 aromatic heterocycles. The number of halogens is 2. The van der Waals surface area contributed by atoms with Gasteiger partial charge in [0.15, 0.2) is 11.4 Å². The highest BCUT2D eigenvalue weighted by atomic mass is 35.5. The number of aromatic nitrogens is 2. The Balaban J connectivity index is 1.24. The van der Waals surface area contributed by atoms with Gasteiger partial charge in [-0.25, -0.2) is 19.2 Å². The van der Waals surface area contributed by atoms with E-state index in [0.29, 0.717) is 37.6 Å². The summed E-state index contributed by atoms with van der Waals surface area (Å²) in [5.41, 5.74) is 7.74. The first-order valence-corrected chi connectivity index (χ1v) is 13.0. The van der Waals surface area contributed by atoms with E-state index in [4.69, 9.17) is 22.1 Å². The van der Waals surface area contributed by atoms with Crippen LogP contribution in [0.4, 0.5) is 20.7 Å². The van der Waals surface area contributed by atoms with Crippen LogP contribution in [0.3, 0.4) is 0 Å². The van der Waals surface area contributed by atoms with Gasteiger partial charge in [0, 0.05) is 31.8 Å². The van der Waals surface area contributed by atoms with Crippen molar-refractivity contribution >= 4 is 41.3 Å². The van der Waals surface area contributed by atoms with Gasteiger partial charge in [-0.15, -0.1) is 0 Å². The van der Waals surface area contributed by atoms with Crippen LogP contribution >= 0.6 is 11.6 Å². The molecule has 0 saturated carbocycles. The Kier molecular flexibility index (Phi) is 7.65. The number of carbonyl (C=O) groups excluding carboxylic acids is 2. The lowest BCUT2D eigenvalue weighted by Crippen LogP contribution is -2.42. The quantitative estimate of drug-likeness (QED) is 0.365. The van der Waals surface area contributed by atoms with E-state index < -0.39 is 17.5 Å². The van der Waals surface area contributed by atoms with E-state index in [0.717, 1.165) is 16.7 Å². The second-order valence-electron chi connectivity index (χ2n) is 9.61. The van der Waals surface area contributed by atoms with E-state index in [1.807, 2.05) is 36.1 Å². The van der Waals surface area contributed by atoms with Crippen molar-refractivity contribution in [1.29, 1.82) is 0 Å². The standard InChI is InChI=1S/C28H27ClFN7O3/c1-17(11-31)12-32-13-18-2-4-19(5-3-18)14-33-26(38)22-10-23(35-16-34-22)37-9-8-28(15-37)24-21(36-27(39)40-28)7-6-20(29)25(24)30/h2-7,10-12,16H,8-9,13-15,31H2,1H3,(H,33,38)(H,36,39)/b17-11-,32-12?/t28-/m1/s1. The van der Waals surface area contributed by atoms with E-state index >= 15 is 4.39 Å². The van der Waals surface area contributed by atoms with Crippen molar-refractivity contribution in [3.8, 4) is 0 Å². The summed E-state index contributed by atoms with van der Waals surface area (Å²) in [4.78, 5) is 39.7. The summed E-state index contributed by atoms with van der Waals surface area (Å²) in [6.45, 7) is 3.26. The van der Waals surface area contributed by atoms with Crippen molar-refractivity contribution < 1.29 is 18.7 Å². The average molecular weight is 564 g/mol. The van der Waals surface area contributed by atoms with Gasteiger partial charge < -0.3 is 20.7 Å². The zero-order chi connectivity index (χ0) is 28.3. The minimum Gasteiger partial charge on any atom is -0.436 e. The Morgan fingerprint density at radius 3 is 2.83 bits per heavy atom. The molecule has 206 valence electrons. The molecule has 1 spiro atoms. The molecule has 4 N–H and O–H groups in total. The van der Waals surface area contributed by atoms with Crippen LogP contribution in [-0.4, -0.2) is 41.3 Å². The number of benzene rings is 2. The van der Waals surface area contributed by atoms with Crippen LogP contribution in [0.15, 0.2) is 65.6 Å². The van der Waals surface area contributed by atoms with Crippen LogP contribution in [0.2, 0.25) is 5.02 Å². The van der Waals surface area contributed by atoms with Gasteiger partial charge in [-0.3, -0.25) is 15.1 Å². The summed E-state index contributed by atoms with van der Waals surface area (Å²) in [6.07, 6.45) is 4.17. The number of carbonyl (C=O) groups is 2. The number of nitrogens with two attached hydrogens (primary N) is 1. The van der Waals surface area contributed by atoms with Crippen LogP contribution in [0.1, 0.15) is 40.5 Å². The highest BCUT2D eigenvalue weighted by Crippen LogP contribution is 2.46. The van der Waals surface area contributed by atoms with Gasteiger partial charge in [-0.2, -0.15) is 0 Å². The predicted octanol–water partition coefficient (Wildman–Crippen LogP) is 4.30. The van der Waals surface area contributed by atoms with E-state index in [9.17, 15) is 9.59 Å². The molecule has 2 aliphatic rings. The van der Waals surface area contributed by atoms with Gasteiger partial charge in [0.1, 0.15) is 17.8 Å². The zero-order valence-corrected chi connectivity index (χ0v) is 22.4. The van der Waals surface area contributed by atoms with Crippen LogP contribution in [-0.2, 0) is 23.4 Å². The number of allylic oxidation sites excluding steroid dienone is 1. The molecule has 0 unspecified atom stereocenters. The lowest BCUT2D eigenvalue weighted by Gasteiger charge is -2.35. The number of rotatable bonds is 7. The lowest BCUT2D eigenvalue weighted by molar-refractivity contribution is 0.0263. The minimum atomic E-state index is -1.24. The van der Waals surface area contributed by atoms with Crippen molar-refractivity contribution in [1.82, 2.24) is 15.3 Å². The van der Waals surface area contributed by atoms with Crippen molar-refractivity contribution in [2.45, 2.75) is 32.0 Å². The Bertz CT molecular complexity index is 1510. The second kappa shape index (κ2) is 11.3. The van der Waals surface area contributed by atoms with Crippen molar-refractivity contribution in [3.05, 3.63) is 93.8 Å². The number of nitrogens with one attached hydrogen (secondary N) is 2. The number of hydrogen-bond donors (Lipinski definition) is 3. The summed E-state index contributed by atoms with van der Waals surface area (Å²) in [6, 6.07) is 12.3. The maximum atomic E-state index is 15.1. The number of ether oxygens (including phenoxy) is 1. The van der Waals surface area contributed by atoms with E-state index in [-0.39, 0.29) is 28.7 Å². The molecule has 3 aromatic rings. The van der Waals surface area contributed by atoms with Gasteiger partial charge in [0.05, 0.1) is 29.4 Å². The number of hydrogen-bond acceptors (Lipinski definition) is 8. The Morgan fingerprint density at radius 1 is 1.27 bits per heavy atom. The summed E-state index contributed by atoms with van der Waals surface area (Å²) >= 11 is 6.04. The molecule has 0 aliphatic carbocycles. The van der Waals surface area contributed by atoms with Gasteiger partial charge in [0.2, 0.25) is 0 Å². The van der Waals surface area contributed by atoms with Gasteiger partial charge >= 0.3 is 6.09 Å². The molecule has 1 saturated heterocycles. The molecule has 3 heterocycles. The maximum absolute atomic E-state index is 15.1. The molecule has 40 heavy (non-hydrogen) atoms. The van der Waals surface area contributed by atoms with E-state index in [1.54, 1.807) is 18.3 Å². The number of anilines is 2. The highest BCUT2D eigenvalue weighted by molar-refractivity contribution is 6.31. The van der Waals surface area contributed by atoms with Crippen molar-refractivity contribution in [2.75, 3.05) is 23.3 Å². The zero-order valence-electron chi connectivity index (χ0n) is 21.7. The molecule has 1 atom stereocenters. The number of aliphatic imine (C=N–C) groups is 1. The third-order valence-corrected chi connectivity index (χ3v) is 7.12. The fourth-order valence-electron chi connectivity index (χ4n) is 4.75. The summed E-state index contributed by atoms with van der Waals surface area (Å²) < 4.78 is 20.7. The monoisotopic (exact) mass is 563 g/mol. The molecule has 0 radical (unpaired) electrons. The Labute approximate surface area is 235 Å². The smallest absolute Gasteiger partial charge is 0.412 e. The topological polar surface area (TPSA) is 135 Å². The summed E-state index contributed by atoms with van der Waals surface area (Å²) in [5, 5.41) is 5.34. The van der Waals surface area contributed by atoms with E-state index in [1.165, 1.54) is 18.6 Å². The maximum Gasteiger partial charge on any atom is 0.412 e. The molecule has 5 rings (SSSR count). The first-order valence-electron chi connectivity index (χ1n) is 12.6. The largest absolute Gasteiger partial charge is 0.436 e. The van der Waals surface area contributed by atoms with Crippen molar-refractivity contribution in [3.63, 3.8) is 0 Å². The van der Waals surface area contributed by atoms with Crippen LogP contribution in [0, 0.1) is 5.82 Å². The SMILES string of the molecule is C/C(C=NCc1ccc(CNC(=O)c2cc(N3CC[C@]4(C3)OC(=O)Nc3ccc(Cl)c(F)c34)ncn2)cc1)=C/N. The summed E-state index contributed by atoms with van der Waals surface area (Å²) in [5.74, 6) is -0.546. The van der Waals surface area contributed by atoms with Crippen molar-refractivity contribution in [2.24, 2.45) is 10.7 Å². The van der Waals surface area contributed by atoms with E-state index in [2.05, 4.69) is 25.6 Å². The predicted molar refractivity (Wildman–Crippen MR) is 150 cm³/mol. The minimum absolute atomic E-state index is 0.0597. The first-order chi connectivity index (χ1) is 19.3. The number of nitrogens with zero attached hydrogens (tertiary/aromatic N) is 4. The Morgan fingerprint density at radius 2 is 2.05 bits per heavy atom. The van der Waals surface area contributed by atoms with Gasteiger partial charge in [0.25, 0.3) is 5.91 Å². The molecule has 1 fully saturated rings. The molecular formula is C28H27ClFN7O3. The number of fused-ring (bicyclic) bond motifs is 2. The molecule has 12 heteroatoms.